The summed E-state index contributed by atoms with van der Waals surface area (Å²) < 4.78 is 12.4. The lowest BCUT2D eigenvalue weighted by Crippen LogP contribution is -2.52. The summed E-state index contributed by atoms with van der Waals surface area (Å²) in [4.78, 5) is 36.4. The SMILES string of the molecule is Cc1cc(C)nc(OC(C(=O)O)C(OCC(=O)N(C)Cc2c(Cl)cccc2Cl)(c2ccccc2)c2ccccc2)n1. The number of aliphatic carboxylic acids is 1. The van der Waals surface area contributed by atoms with Crippen LogP contribution in [0.25, 0.3) is 0 Å². The molecule has 1 unspecified atom stereocenters. The third-order valence-corrected chi connectivity index (χ3v) is 7.20. The highest BCUT2D eigenvalue weighted by molar-refractivity contribution is 6.36. The molecule has 0 saturated heterocycles. The first-order valence-corrected chi connectivity index (χ1v) is 13.5. The molecular weight excluding hydrogens is 565 g/mol. The number of hydrogen-bond donors (Lipinski definition) is 1. The number of benzene rings is 3. The number of nitrogens with zero attached hydrogens (tertiary/aromatic N) is 3. The standard InChI is InChI=1S/C31H29Cl2N3O5/c1-20-17-21(2)35-30(34-20)41-28(29(38)39)31(22-11-6-4-7-12-22,23-13-8-5-9-14-23)40-19-27(37)36(3)18-24-25(32)15-10-16-26(24)33/h4-17,28H,18-19H2,1-3H3,(H,38,39). The van der Waals surface area contributed by atoms with Gasteiger partial charge in [-0.2, -0.15) is 0 Å². The maximum absolute atomic E-state index is 13.4. The van der Waals surface area contributed by atoms with Gasteiger partial charge >= 0.3 is 12.0 Å². The molecule has 0 fully saturated rings. The maximum Gasteiger partial charge on any atom is 0.348 e. The van der Waals surface area contributed by atoms with Crippen LogP contribution in [0.2, 0.25) is 10.0 Å². The maximum atomic E-state index is 13.4. The highest BCUT2D eigenvalue weighted by atomic mass is 35.5. The molecule has 0 aliphatic carbocycles. The van der Waals surface area contributed by atoms with Crippen LogP contribution in [0.1, 0.15) is 28.1 Å². The van der Waals surface area contributed by atoms with Crippen molar-refractivity contribution in [3.05, 3.63) is 123 Å². The van der Waals surface area contributed by atoms with Crippen LogP contribution in [0.5, 0.6) is 6.01 Å². The van der Waals surface area contributed by atoms with Gasteiger partial charge in [0.2, 0.25) is 12.0 Å². The molecule has 0 aliphatic heterocycles. The summed E-state index contributed by atoms with van der Waals surface area (Å²) in [5, 5.41) is 11.4. The van der Waals surface area contributed by atoms with Crippen LogP contribution in [-0.4, -0.2) is 51.6 Å². The smallest absolute Gasteiger partial charge is 0.348 e. The van der Waals surface area contributed by atoms with Crippen LogP contribution < -0.4 is 4.74 Å². The van der Waals surface area contributed by atoms with Crippen molar-refractivity contribution in [2.45, 2.75) is 32.1 Å². The van der Waals surface area contributed by atoms with Gasteiger partial charge in [0.25, 0.3) is 0 Å². The monoisotopic (exact) mass is 593 g/mol. The van der Waals surface area contributed by atoms with Crippen molar-refractivity contribution < 1.29 is 24.2 Å². The molecule has 10 heteroatoms. The van der Waals surface area contributed by atoms with Crippen LogP contribution in [0, 0.1) is 13.8 Å². The summed E-state index contributed by atoms with van der Waals surface area (Å²) in [6.07, 6.45) is -1.68. The molecule has 0 spiro atoms. The van der Waals surface area contributed by atoms with E-state index in [2.05, 4.69) is 9.97 Å². The Morgan fingerprint density at radius 1 is 0.878 bits per heavy atom. The number of carbonyl (C=O) groups excluding carboxylic acids is 1. The summed E-state index contributed by atoms with van der Waals surface area (Å²) in [7, 11) is 1.59. The second-order valence-electron chi connectivity index (χ2n) is 9.48. The molecule has 4 aromatic rings. The molecule has 8 nitrogen and oxygen atoms in total. The largest absolute Gasteiger partial charge is 0.478 e. The Labute approximate surface area is 248 Å². The second-order valence-corrected chi connectivity index (χ2v) is 10.3. The third kappa shape index (κ3) is 6.85. The molecule has 41 heavy (non-hydrogen) atoms. The number of hydrogen-bond acceptors (Lipinski definition) is 6. The predicted molar refractivity (Wildman–Crippen MR) is 156 cm³/mol. The van der Waals surface area contributed by atoms with Gasteiger partial charge < -0.3 is 19.5 Å². The molecule has 0 aliphatic rings. The lowest BCUT2D eigenvalue weighted by Gasteiger charge is -2.39. The highest BCUT2D eigenvalue weighted by Crippen LogP contribution is 2.39. The molecule has 212 valence electrons. The number of ether oxygens (including phenoxy) is 2. The fourth-order valence-electron chi connectivity index (χ4n) is 4.54. The number of aromatic nitrogens is 2. The van der Waals surface area contributed by atoms with Crippen LogP contribution in [0.15, 0.2) is 84.9 Å². The Hall–Kier alpha value is -3.98. The van der Waals surface area contributed by atoms with Gasteiger partial charge in [-0.25, -0.2) is 14.8 Å². The number of rotatable bonds is 11. The topological polar surface area (TPSA) is 102 Å². The first kappa shape index (κ1) is 30.0. The van der Waals surface area contributed by atoms with Gasteiger partial charge in [-0.1, -0.05) is 89.9 Å². The molecule has 3 aromatic carbocycles. The van der Waals surface area contributed by atoms with Crippen molar-refractivity contribution in [1.29, 1.82) is 0 Å². The van der Waals surface area contributed by atoms with E-state index in [0.29, 0.717) is 38.1 Å². The van der Waals surface area contributed by atoms with Gasteiger partial charge in [0.05, 0.1) is 0 Å². The summed E-state index contributed by atoms with van der Waals surface area (Å²) in [6.45, 7) is 3.16. The number of carboxylic acids is 1. The zero-order valence-corrected chi connectivity index (χ0v) is 24.3. The van der Waals surface area contributed by atoms with Crippen molar-refractivity contribution in [3.8, 4) is 6.01 Å². The number of likely N-dealkylation sites (N-methyl/N-ethyl adjacent to an activating group) is 1. The first-order valence-electron chi connectivity index (χ1n) is 12.8. The Balaban J connectivity index is 1.77. The van der Waals surface area contributed by atoms with E-state index < -0.39 is 30.2 Å². The van der Waals surface area contributed by atoms with E-state index in [1.165, 1.54) is 4.90 Å². The van der Waals surface area contributed by atoms with Gasteiger partial charge in [0, 0.05) is 40.6 Å². The van der Waals surface area contributed by atoms with Crippen molar-refractivity contribution in [3.63, 3.8) is 0 Å². The number of halogens is 2. The first-order chi connectivity index (χ1) is 19.6. The van der Waals surface area contributed by atoms with Gasteiger partial charge in [-0.05, 0) is 43.2 Å². The van der Waals surface area contributed by atoms with E-state index in [-0.39, 0.29) is 12.6 Å². The van der Waals surface area contributed by atoms with Crippen molar-refractivity contribution in [1.82, 2.24) is 14.9 Å². The van der Waals surface area contributed by atoms with E-state index in [1.54, 1.807) is 106 Å². The molecule has 1 aromatic heterocycles. The van der Waals surface area contributed by atoms with E-state index >= 15 is 0 Å². The van der Waals surface area contributed by atoms with Crippen LogP contribution in [0.4, 0.5) is 0 Å². The van der Waals surface area contributed by atoms with Gasteiger partial charge in [-0.15, -0.1) is 0 Å². The molecule has 4 rings (SSSR count). The van der Waals surface area contributed by atoms with Gasteiger partial charge in [0.15, 0.2) is 5.60 Å². The fraction of sp³-hybridized carbons (Fsp3) is 0.226. The quantitative estimate of drug-likeness (QED) is 0.232. The number of amides is 1. The summed E-state index contributed by atoms with van der Waals surface area (Å²) in [5.74, 6) is -1.76. The van der Waals surface area contributed by atoms with Crippen molar-refractivity contribution in [2.75, 3.05) is 13.7 Å². The zero-order valence-electron chi connectivity index (χ0n) is 22.8. The number of aryl methyl sites for hydroxylation is 2. The molecule has 0 radical (unpaired) electrons. The summed E-state index contributed by atoms with van der Waals surface area (Å²) >= 11 is 12.6. The molecule has 1 amide bonds. The Morgan fingerprint density at radius 3 is 1.88 bits per heavy atom. The Kier molecular flexibility index (Phi) is 9.60. The second kappa shape index (κ2) is 13.1. The average molecular weight is 594 g/mol. The number of carbonyl (C=O) groups is 2. The fourth-order valence-corrected chi connectivity index (χ4v) is 5.05. The molecule has 1 N–H and O–H groups in total. The summed E-state index contributed by atoms with van der Waals surface area (Å²) in [5.41, 5.74) is 0.964. The molecule has 0 saturated carbocycles. The van der Waals surface area contributed by atoms with E-state index in [0.717, 1.165) is 0 Å². The van der Waals surface area contributed by atoms with E-state index in [1.807, 2.05) is 0 Å². The minimum atomic E-state index is -1.77. The van der Waals surface area contributed by atoms with Crippen molar-refractivity contribution >= 4 is 35.1 Å². The minimum Gasteiger partial charge on any atom is -0.478 e. The summed E-state index contributed by atoms with van der Waals surface area (Å²) in [6, 6.07) is 24.3. The Bertz CT molecular complexity index is 1440. The van der Waals surface area contributed by atoms with E-state index in [4.69, 9.17) is 32.7 Å². The lowest BCUT2D eigenvalue weighted by atomic mass is 9.81. The van der Waals surface area contributed by atoms with Crippen LogP contribution >= 0.6 is 23.2 Å². The predicted octanol–water partition coefficient (Wildman–Crippen LogP) is 5.85. The lowest BCUT2D eigenvalue weighted by molar-refractivity contribution is -0.169. The number of carboxylic acid groups (broad SMARTS) is 1. The van der Waals surface area contributed by atoms with E-state index in [9.17, 15) is 14.7 Å². The van der Waals surface area contributed by atoms with Gasteiger partial charge in [0.1, 0.15) is 6.61 Å². The molecular formula is C31H29Cl2N3O5. The molecule has 0 bridgehead atoms. The van der Waals surface area contributed by atoms with Gasteiger partial charge in [-0.3, -0.25) is 4.79 Å². The third-order valence-electron chi connectivity index (χ3n) is 6.49. The Morgan fingerprint density at radius 2 is 1.39 bits per heavy atom. The minimum absolute atomic E-state index is 0.119. The average Bonchev–Trinajstić information content (AvgIpc) is 2.95. The normalized spacial score (nSPS) is 12.0. The van der Waals surface area contributed by atoms with Crippen LogP contribution in [0.3, 0.4) is 0 Å². The molecule has 1 atom stereocenters. The zero-order chi connectivity index (χ0) is 29.6. The molecule has 1 heterocycles. The van der Waals surface area contributed by atoms with Crippen molar-refractivity contribution in [2.24, 2.45) is 0 Å². The van der Waals surface area contributed by atoms with Crippen LogP contribution in [-0.2, 0) is 26.5 Å². The highest BCUT2D eigenvalue weighted by Gasteiger charge is 2.50.